The molecule has 2 rings (SSSR count). The lowest BCUT2D eigenvalue weighted by atomic mass is 9.90. The number of aryl methyl sites for hydroxylation is 2. The molecule has 36 heavy (non-hydrogen) atoms. The quantitative estimate of drug-likeness (QED) is 0.439. The van der Waals surface area contributed by atoms with E-state index in [0.29, 0.717) is 12.1 Å². The second-order valence-corrected chi connectivity index (χ2v) is 7.42. The minimum Gasteiger partial charge on any atom is -0.447 e. The SMILES string of the molecule is Cc1cc(C(F)(C(F)(F)F)C(F)(F)F)cc(C)c1NC(=O)c1ccc(C#N)c(NC(=O)OCCF)c1. The minimum absolute atomic E-state index is 0.0981. The Balaban J connectivity index is 2.41. The summed E-state index contributed by atoms with van der Waals surface area (Å²) < 4.78 is 110. The van der Waals surface area contributed by atoms with Crippen molar-refractivity contribution < 1.29 is 49.4 Å². The predicted octanol–water partition coefficient (Wildman–Crippen LogP) is 6.23. The van der Waals surface area contributed by atoms with Crippen molar-refractivity contribution in [2.24, 2.45) is 0 Å². The first-order valence-electron chi connectivity index (χ1n) is 9.86. The Hall–Kier alpha value is -3.89. The van der Waals surface area contributed by atoms with E-state index in [4.69, 9.17) is 5.26 Å². The molecule has 0 radical (unpaired) electrons. The summed E-state index contributed by atoms with van der Waals surface area (Å²) in [4.78, 5) is 24.4. The van der Waals surface area contributed by atoms with Gasteiger partial charge in [-0.1, -0.05) is 12.1 Å². The second-order valence-electron chi connectivity index (χ2n) is 7.42. The van der Waals surface area contributed by atoms with Crippen LogP contribution in [0.15, 0.2) is 30.3 Å². The molecule has 2 N–H and O–H groups in total. The number of rotatable bonds is 6. The molecule has 0 aliphatic carbocycles. The number of anilines is 2. The Morgan fingerprint density at radius 2 is 1.50 bits per heavy atom. The van der Waals surface area contributed by atoms with Gasteiger partial charge in [0.1, 0.15) is 19.4 Å². The fraction of sp³-hybridized carbons (Fsp3) is 0.318. The van der Waals surface area contributed by atoms with Crippen LogP contribution >= 0.6 is 0 Å². The third-order valence-corrected chi connectivity index (χ3v) is 4.90. The standard InChI is InChI=1S/C22H17F8N3O3/c1-11-7-15(20(24,21(25,26)27)22(28,29)30)8-12(2)17(11)33-18(34)13-3-4-14(10-31)16(9-13)32-19(35)36-6-5-23/h3-4,7-9H,5-6H2,1-2H3,(H,32,35)(H,33,34). The first-order valence-corrected chi connectivity index (χ1v) is 9.86. The molecule has 0 unspecified atom stereocenters. The number of nitrogens with one attached hydrogen (secondary N) is 2. The van der Waals surface area contributed by atoms with E-state index in [9.17, 15) is 44.7 Å². The van der Waals surface area contributed by atoms with Gasteiger partial charge in [-0.15, -0.1) is 0 Å². The molecule has 2 amide bonds. The molecule has 194 valence electrons. The Morgan fingerprint density at radius 3 is 1.97 bits per heavy atom. The molecule has 0 aromatic heterocycles. The number of carbonyl (C=O) groups excluding carboxylic acids is 2. The van der Waals surface area contributed by atoms with Crippen molar-refractivity contribution in [1.29, 1.82) is 5.26 Å². The highest BCUT2D eigenvalue weighted by atomic mass is 19.4. The first-order chi connectivity index (χ1) is 16.6. The molecule has 0 atom stereocenters. The van der Waals surface area contributed by atoms with Crippen molar-refractivity contribution in [2.45, 2.75) is 31.9 Å². The molecule has 2 aromatic carbocycles. The number of benzene rings is 2. The second kappa shape index (κ2) is 10.4. The number of halogens is 8. The van der Waals surface area contributed by atoms with Crippen molar-refractivity contribution in [3.8, 4) is 6.07 Å². The lowest BCUT2D eigenvalue weighted by Crippen LogP contribution is -2.50. The number of carbonyl (C=O) groups is 2. The maximum Gasteiger partial charge on any atom is 0.435 e. The van der Waals surface area contributed by atoms with Gasteiger partial charge in [0.15, 0.2) is 0 Å². The van der Waals surface area contributed by atoms with Crippen LogP contribution < -0.4 is 10.6 Å². The van der Waals surface area contributed by atoms with Crippen molar-refractivity contribution >= 4 is 23.4 Å². The van der Waals surface area contributed by atoms with Gasteiger partial charge in [-0.25, -0.2) is 13.6 Å². The molecule has 2 aromatic rings. The number of alkyl halides is 8. The Kier molecular flexibility index (Phi) is 8.18. The van der Waals surface area contributed by atoms with Crippen molar-refractivity contribution in [3.05, 3.63) is 58.1 Å². The largest absolute Gasteiger partial charge is 0.447 e. The predicted molar refractivity (Wildman–Crippen MR) is 111 cm³/mol. The molecule has 0 heterocycles. The van der Waals surface area contributed by atoms with Crippen LogP contribution in [-0.4, -0.2) is 37.6 Å². The van der Waals surface area contributed by atoms with Crippen molar-refractivity contribution in [1.82, 2.24) is 0 Å². The highest BCUT2D eigenvalue weighted by molar-refractivity contribution is 6.06. The first kappa shape index (κ1) is 28.3. The van der Waals surface area contributed by atoms with Crippen molar-refractivity contribution in [3.63, 3.8) is 0 Å². The number of ether oxygens (including phenoxy) is 1. The van der Waals surface area contributed by atoms with Gasteiger partial charge in [-0.3, -0.25) is 10.1 Å². The van der Waals surface area contributed by atoms with Gasteiger partial charge in [-0.05, 0) is 43.2 Å². The van der Waals surface area contributed by atoms with E-state index in [1.165, 1.54) is 0 Å². The van der Waals surface area contributed by atoms with E-state index >= 15 is 0 Å². The maximum atomic E-state index is 14.4. The molecule has 0 saturated carbocycles. The Morgan fingerprint density at radius 1 is 0.944 bits per heavy atom. The number of hydrogen-bond donors (Lipinski definition) is 2. The van der Waals surface area contributed by atoms with Crippen LogP contribution in [0.2, 0.25) is 0 Å². The van der Waals surface area contributed by atoms with Gasteiger partial charge in [0, 0.05) is 16.8 Å². The lowest BCUT2D eigenvalue weighted by Gasteiger charge is -2.31. The average molecular weight is 523 g/mol. The number of hydrogen-bond acceptors (Lipinski definition) is 4. The summed E-state index contributed by atoms with van der Waals surface area (Å²) in [6, 6.07) is 5.75. The van der Waals surface area contributed by atoms with Crippen LogP contribution in [0, 0.1) is 25.2 Å². The van der Waals surface area contributed by atoms with Gasteiger partial charge in [0.25, 0.3) is 5.91 Å². The summed E-state index contributed by atoms with van der Waals surface area (Å²) in [5.41, 5.74) is -8.57. The Labute approximate surface area is 198 Å². The van der Waals surface area contributed by atoms with Crippen LogP contribution in [0.25, 0.3) is 0 Å². The number of amides is 2. The summed E-state index contributed by atoms with van der Waals surface area (Å²) >= 11 is 0. The van der Waals surface area contributed by atoms with E-state index < -0.39 is 48.9 Å². The molecule has 0 saturated heterocycles. The highest BCUT2D eigenvalue weighted by Crippen LogP contribution is 2.53. The zero-order chi connectivity index (χ0) is 27.5. The highest BCUT2D eigenvalue weighted by Gasteiger charge is 2.73. The molecule has 0 spiro atoms. The lowest BCUT2D eigenvalue weighted by molar-refractivity contribution is -0.348. The fourth-order valence-corrected chi connectivity index (χ4v) is 3.20. The van der Waals surface area contributed by atoms with Gasteiger partial charge in [0.2, 0.25) is 0 Å². The van der Waals surface area contributed by atoms with E-state index in [1.807, 2.05) is 0 Å². The smallest absolute Gasteiger partial charge is 0.435 e. The zero-order valence-corrected chi connectivity index (χ0v) is 18.5. The van der Waals surface area contributed by atoms with Gasteiger partial charge in [-0.2, -0.15) is 31.6 Å². The van der Waals surface area contributed by atoms with Gasteiger partial charge >= 0.3 is 24.1 Å². The summed E-state index contributed by atoms with van der Waals surface area (Å²) in [5.74, 6) is -0.920. The zero-order valence-electron chi connectivity index (χ0n) is 18.5. The summed E-state index contributed by atoms with van der Waals surface area (Å²) in [7, 11) is 0. The average Bonchev–Trinajstić information content (AvgIpc) is 2.77. The van der Waals surface area contributed by atoms with E-state index in [2.05, 4.69) is 15.4 Å². The topological polar surface area (TPSA) is 91.2 Å². The molecule has 0 bridgehead atoms. The van der Waals surface area contributed by atoms with E-state index in [1.54, 1.807) is 6.07 Å². The molecule has 14 heteroatoms. The van der Waals surface area contributed by atoms with Crippen molar-refractivity contribution in [2.75, 3.05) is 23.9 Å². The molecule has 0 aliphatic rings. The molecular formula is C22H17F8N3O3. The van der Waals surface area contributed by atoms with Crippen LogP contribution in [0.4, 0.5) is 51.3 Å². The van der Waals surface area contributed by atoms with Crippen LogP contribution in [0.1, 0.15) is 32.6 Å². The fourth-order valence-electron chi connectivity index (χ4n) is 3.20. The maximum absolute atomic E-state index is 14.4. The molecule has 0 fully saturated rings. The third-order valence-electron chi connectivity index (χ3n) is 4.90. The van der Waals surface area contributed by atoms with E-state index in [0.717, 1.165) is 32.0 Å². The summed E-state index contributed by atoms with van der Waals surface area (Å²) in [6.07, 6.45) is -13.7. The monoisotopic (exact) mass is 523 g/mol. The van der Waals surface area contributed by atoms with Gasteiger partial charge < -0.3 is 10.1 Å². The molecule has 6 nitrogen and oxygen atoms in total. The van der Waals surface area contributed by atoms with Gasteiger partial charge in [0.05, 0.1) is 11.3 Å². The normalized spacial score (nSPS) is 12.0. The molecular weight excluding hydrogens is 506 g/mol. The summed E-state index contributed by atoms with van der Waals surface area (Å²) in [6.45, 7) is 0.622. The summed E-state index contributed by atoms with van der Waals surface area (Å²) in [5, 5.41) is 13.6. The van der Waals surface area contributed by atoms with Crippen LogP contribution in [0.5, 0.6) is 0 Å². The number of nitriles is 1. The van der Waals surface area contributed by atoms with Crippen LogP contribution in [-0.2, 0) is 10.4 Å². The van der Waals surface area contributed by atoms with E-state index in [-0.39, 0.29) is 33.6 Å². The minimum atomic E-state index is -6.30. The molecule has 0 aliphatic heterocycles. The Bertz CT molecular complexity index is 1170. The van der Waals surface area contributed by atoms with Crippen LogP contribution in [0.3, 0.4) is 0 Å². The number of nitrogens with zero attached hydrogens (tertiary/aromatic N) is 1. The third kappa shape index (κ3) is 5.67.